The predicted molar refractivity (Wildman–Crippen MR) is 72.9 cm³/mol. The molecule has 1 saturated heterocycles. The highest BCUT2D eigenvalue weighted by Gasteiger charge is 2.32. The SMILES string of the molecule is Cc1cc(F)ccc1S(=O)(=O)N1CC/C(=N\O)C(C)C1. The predicted octanol–water partition coefficient (Wildman–Crippen LogP) is 1.99. The summed E-state index contributed by atoms with van der Waals surface area (Å²) in [4.78, 5) is 0.121. The molecule has 1 atom stereocenters. The number of benzene rings is 1. The monoisotopic (exact) mass is 300 g/mol. The molecule has 110 valence electrons. The molecule has 0 aliphatic carbocycles. The lowest BCUT2D eigenvalue weighted by atomic mass is 10.00. The van der Waals surface area contributed by atoms with E-state index in [1.807, 2.05) is 6.92 Å². The third-order valence-corrected chi connectivity index (χ3v) is 5.57. The van der Waals surface area contributed by atoms with Gasteiger partial charge in [-0.2, -0.15) is 4.31 Å². The standard InChI is InChI=1S/C13H17FN2O3S/c1-9-7-11(14)3-4-13(9)20(18,19)16-6-5-12(15-17)10(2)8-16/h3-4,7,10,17H,5-6,8H2,1-2H3/b15-12+. The average molecular weight is 300 g/mol. The van der Waals surface area contributed by atoms with Crippen molar-refractivity contribution < 1.29 is 18.0 Å². The van der Waals surface area contributed by atoms with Gasteiger partial charge in [0.2, 0.25) is 10.0 Å². The molecule has 1 aliphatic rings. The van der Waals surface area contributed by atoms with Crippen LogP contribution in [0.4, 0.5) is 4.39 Å². The van der Waals surface area contributed by atoms with Crippen LogP contribution in [0.15, 0.2) is 28.3 Å². The van der Waals surface area contributed by atoms with Crippen LogP contribution >= 0.6 is 0 Å². The van der Waals surface area contributed by atoms with Gasteiger partial charge in [-0.15, -0.1) is 0 Å². The highest BCUT2D eigenvalue weighted by Crippen LogP contribution is 2.25. The molecular weight excluding hydrogens is 283 g/mol. The van der Waals surface area contributed by atoms with Crippen LogP contribution in [-0.2, 0) is 10.0 Å². The summed E-state index contributed by atoms with van der Waals surface area (Å²) in [5.41, 5.74) is 0.992. The van der Waals surface area contributed by atoms with E-state index in [1.165, 1.54) is 16.4 Å². The van der Waals surface area contributed by atoms with E-state index in [0.29, 0.717) is 17.7 Å². The molecule has 0 amide bonds. The van der Waals surface area contributed by atoms with Gasteiger partial charge in [0.05, 0.1) is 10.6 Å². The van der Waals surface area contributed by atoms with Crippen molar-refractivity contribution in [2.24, 2.45) is 11.1 Å². The molecule has 20 heavy (non-hydrogen) atoms. The van der Waals surface area contributed by atoms with E-state index in [9.17, 15) is 12.8 Å². The second kappa shape index (κ2) is 5.49. The summed E-state index contributed by atoms with van der Waals surface area (Å²) in [5, 5.41) is 12.0. The van der Waals surface area contributed by atoms with Gasteiger partial charge in [0.1, 0.15) is 5.82 Å². The maximum absolute atomic E-state index is 13.1. The quantitative estimate of drug-likeness (QED) is 0.671. The van der Waals surface area contributed by atoms with Gasteiger partial charge in [0.15, 0.2) is 0 Å². The van der Waals surface area contributed by atoms with Crippen molar-refractivity contribution in [1.29, 1.82) is 0 Å². The molecule has 1 aromatic rings. The normalized spacial score (nSPS) is 23.1. The van der Waals surface area contributed by atoms with Crippen LogP contribution in [0.3, 0.4) is 0 Å². The van der Waals surface area contributed by atoms with E-state index < -0.39 is 15.8 Å². The third kappa shape index (κ3) is 2.69. The molecule has 1 N–H and O–H groups in total. The minimum atomic E-state index is -3.64. The summed E-state index contributed by atoms with van der Waals surface area (Å²) in [7, 11) is -3.64. The van der Waals surface area contributed by atoms with Crippen molar-refractivity contribution >= 4 is 15.7 Å². The number of aryl methyl sites for hydroxylation is 1. The Morgan fingerprint density at radius 1 is 1.45 bits per heavy atom. The maximum Gasteiger partial charge on any atom is 0.243 e. The van der Waals surface area contributed by atoms with Gasteiger partial charge in [0.25, 0.3) is 0 Å². The molecule has 5 nitrogen and oxygen atoms in total. The Labute approximate surface area is 117 Å². The van der Waals surface area contributed by atoms with Crippen LogP contribution in [0.25, 0.3) is 0 Å². The largest absolute Gasteiger partial charge is 0.411 e. The number of halogens is 1. The Kier molecular flexibility index (Phi) is 4.10. The first-order valence-electron chi connectivity index (χ1n) is 6.33. The van der Waals surface area contributed by atoms with Crippen molar-refractivity contribution in [2.75, 3.05) is 13.1 Å². The molecule has 1 aromatic carbocycles. The lowest BCUT2D eigenvalue weighted by molar-refractivity contribution is 0.300. The topological polar surface area (TPSA) is 70.0 Å². The van der Waals surface area contributed by atoms with Crippen molar-refractivity contribution in [3.8, 4) is 0 Å². The second-order valence-electron chi connectivity index (χ2n) is 5.02. The first-order valence-corrected chi connectivity index (χ1v) is 7.77. The zero-order valence-corrected chi connectivity index (χ0v) is 12.2. The summed E-state index contributed by atoms with van der Waals surface area (Å²) >= 11 is 0. The number of piperidine rings is 1. The zero-order chi connectivity index (χ0) is 14.9. The van der Waals surface area contributed by atoms with E-state index in [1.54, 1.807) is 6.92 Å². The highest BCUT2D eigenvalue weighted by molar-refractivity contribution is 7.89. The Bertz CT molecular complexity index is 643. The fourth-order valence-corrected chi connectivity index (χ4v) is 4.13. The minimum Gasteiger partial charge on any atom is -0.411 e. The number of nitrogens with zero attached hydrogens (tertiary/aromatic N) is 2. The van der Waals surface area contributed by atoms with E-state index in [0.717, 1.165) is 6.07 Å². The third-order valence-electron chi connectivity index (χ3n) is 3.55. The number of hydrogen-bond acceptors (Lipinski definition) is 4. The smallest absolute Gasteiger partial charge is 0.243 e. The number of sulfonamides is 1. The lowest BCUT2D eigenvalue weighted by Crippen LogP contribution is -2.43. The second-order valence-corrected chi connectivity index (χ2v) is 6.92. The van der Waals surface area contributed by atoms with E-state index in [2.05, 4.69) is 5.16 Å². The van der Waals surface area contributed by atoms with Crippen molar-refractivity contribution in [2.45, 2.75) is 25.2 Å². The molecule has 0 aromatic heterocycles. The Balaban J connectivity index is 2.32. The molecule has 1 fully saturated rings. The van der Waals surface area contributed by atoms with Gasteiger partial charge in [-0.1, -0.05) is 12.1 Å². The van der Waals surface area contributed by atoms with Crippen LogP contribution in [0.5, 0.6) is 0 Å². The van der Waals surface area contributed by atoms with Crippen LogP contribution in [-0.4, -0.2) is 36.7 Å². The van der Waals surface area contributed by atoms with Crippen molar-refractivity contribution in [3.05, 3.63) is 29.6 Å². The molecule has 0 radical (unpaired) electrons. The fourth-order valence-electron chi connectivity index (χ4n) is 2.40. The zero-order valence-electron chi connectivity index (χ0n) is 11.4. The molecule has 2 rings (SSSR count). The molecule has 0 bridgehead atoms. The highest BCUT2D eigenvalue weighted by atomic mass is 32.2. The summed E-state index contributed by atoms with van der Waals surface area (Å²) in [6.07, 6.45) is 0.400. The maximum atomic E-state index is 13.1. The summed E-state index contributed by atoms with van der Waals surface area (Å²) < 4.78 is 39.6. The Hall–Kier alpha value is -1.47. The van der Waals surface area contributed by atoms with Crippen LogP contribution in [0.2, 0.25) is 0 Å². The number of oxime groups is 1. The van der Waals surface area contributed by atoms with Crippen molar-refractivity contribution in [1.82, 2.24) is 4.31 Å². The first-order chi connectivity index (χ1) is 9.36. The van der Waals surface area contributed by atoms with Crippen molar-refractivity contribution in [3.63, 3.8) is 0 Å². The average Bonchev–Trinajstić information content (AvgIpc) is 2.38. The van der Waals surface area contributed by atoms with Gasteiger partial charge in [-0.25, -0.2) is 12.8 Å². The van der Waals surface area contributed by atoms with Crippen LogP contribution in [0.1, 0.15) is 18.9 Å². The van der Waals surface area contributed by atoms with Gasteiger partial charge in [-0.05, 0) is 30.7 Å². The van der Waals surface area contributed by atoms with Gasteiger partial charge >= 0.3 is 0 Å². The van der Waals surface area contributed by atoms with Gasteiger partial charge in [0, 0.05) is 25.4 Å². The molecule has 1 aliphatic heterocycles. The van der Waals surface area contributed by atoms with Gasteiger partial charge < -0.3 is 5.21 Å². The number of hydrogen-bond donors (Lipinski definition) is 1. The van der Waals surface area contributed by atoms with Crippen LogP contribution in [0, 0.1) is 18.7 Å². The summed E-state index contributed by atoms with van der Waals surface area (Å²) in [5.74, 6) is -0.590. The van der Waals surface area contributed by atoms with Gasteiger partial charge in [-0.3, -0.25) is 0 Å². The minimum absolute atomic E-state index is 0.121. The Morgan fingerprint density at radius 2 is 2.15 bits per heavy atom. The summed E-state index contributed by atoms with van der Waals surface area (Å²) in [6, 6.07) is 3.65. The molecule has 1 heterocycles. The summed E-state index contributed by atoms with van der Waals surface area (Å²) in [6.45, 7) is 3.92. The van der Waals surface area contributed by atoms with Crippen LogP contribution < -0.4 is 0 Å². The molecule has 1 unspecified atom stereocenters. The Morgan fingerprint density at radius 3 is 2.70 bits per heavy atom. The van der Waals surface area contributed by atoms with E-state index in [4.69, 9.17) is 5.21 Å². The molecular formula is C13H17FN2O3S. The lowest BCUT2D eigenvalue weighted by Gasteiger charge is -2.31. The molecule has 0 saturated carbocycles. The van der Waals surface area contributed by atoms with E-state index >= 15 is 0 Å². The first kappa shape index (κ1) is 14.9. The number of rotatable bonds is 2. The molecule has 0 spiro atoms. The van der Waals surface area contributed by atoms with E-state index in [-0.39, 0.29) is 23.9 Å². The fraction of sp³-hybridized carbons (Fsp3) is 0.462. The molecule has 7 heteroatoms.